The molecule has 0 aliphatic carbocycles. The van der Waals surface area contributed by atoms with Gasteiger partial charge in [-0.2, -0.15) is 0 Å². The van der Waals surface area contributed by atoms with Crippen molar-refractivity contribution >= 4 is 11.6 Å². The lowest BCUT2D eigenvalue weighted by Crippen LogP contribution is -2.44. The van der Waals surface area contributed by atoms with Gasteiger partial charge in [0.2, 0.25) is 5.91 Å². The molecule has 6 heteroatoms. The second-order valence-corrected chi connectivity index (χ2v) is 9.73. The van der Waals surface area contributed by atoms with E-state index in [2.05, 4.69) is 24.1 Å². The first-order valence-electron chi connectivity index (χ1n) is 12.0. The highest BCUT2D eigenvalue weighted by Gasteiger charge is 2.41. The topological polar surface area (TPSA) is 50.8 Å². The summed E-state index contributed by atoms with van der Waals surface area (Å²) in [6.07, 6.45) is 2.44. The molecule has 1 N–H and O–H groups in total. The van der Waals surface area contributed by atoms with Gasteiger partial charge in [-0.05, 0) is 73.1 Å². The van der Waals surface area contributed by atoms with Gasteiger partial charge in [0.15, 0.2) is 0 Å². The molecule has 2 aliphatic rings. The van der Waals surface area contributed by atoms with Crippen molar-refractivity contribution in [3.8, 4) is 5.75 Å². The van der Waals surface area contributed by atoms with Gasteiger partial charge in [-0.1, -0.05) is 26.0 Å². The number of halogens is 1. The zero-order valence-corrected chi connectivity index (χ0v) is 19.7. The van der Waals surface area contributed by atoms with E-state index in [0.29, 0.717) is 32.7 Å². The summed E-state index contributed by atoms with van der Waals surface area (Å²) in [5, 5.41) is 3.06. The number of nitrogens with zero attached hydrogens (tertiary/aromatic N) is 1. The van der Waals surface area contributed by atoms with E-state index >= 15 is 0 Å². The third kappa shape index (κ3) is 5.92. The smallest absolute Gasteiger partial charge is 0.235 e. The molecule has 0 radical (unpaired) electrons. The molecule has 2 aromatic carbocycles. The van der Waals surface area contributed by atoms with Crippen molar-refractivity contribution in [2.45, 2.75) is 38.5 Å². The Labute approximate surface area is 196 Å². The van der Waals surface area contributed by atoms with E-state index in [1.54, 1.807) is 12.1 Å². The number of anilines is 1. The Balaban J connectivity index is 1.34. The van der Waals surface area contributed by atoms with Crippen LogP contribution < -0.4 is 10.1 Å². The second-order valence-electron chi connectivity index (χ2n) is 9.73. The maximum absolute atomic E-state index is 13.5. The maximum atomic E-state index is 13.5. The fourth-order valence-electron chi connectivity index (χ4n) is 5.29. The molecule has 0 unspecified atom stereocenters. The molecule has 2 aromatic rings. The SMILES string of the molecule is C[C@H]1C[C@H](C)CN(CCOc2ccc(NC(=O)C3(c4ccc(F)cc4)CCOCC3)cc2)C1. The molecule has 33 heavy (non-hydrogen) atoms. The Morgan fingerprint density at radius 1 is 1.06 bits per heavy atom. The molecule has 2 fully saturated rings. The summed E-state index contributed by atoms with van der Waals surface area (Å²) in [4.78, 5) is 15.8. The number of ether oxygens (including phenoxy) is 2. The summed E-state index contributed by atoms with van der Waals surface area (Å²) >= 11 is 0. The van der Waals surface area contributed by atoms with Gasteiger partial charge in [0.1, 0.15) is 18.2 Å². The Morgan fingerprint density at radius 2 is 1.70 bits per heavy atom. The van der Waals surface area contributed by atoms with Gasteiger partial charge in [0.25, 0.3) is 0 Å². The number of benzene rings is 2. The summed E-state index contributed by atoms with van der Waals surface area (Å²) in [6, 6.07) is 13.8. The molecule has 0 aromatic heterocycles. The van der Waals surface area contributed by atoms with Crippen LogP contribution in [0.3, 0.4) is 0 Å². The Hall–Kier alpha value is -2.44. The molecule has 2 atom stereocenters. The molecule has 178 valence electrons. The van der Waals surface area contributed by atoms with Gasteiger partial charge in [-0.3, -0.25) is 9.69 Å². The van der Waals surface area contributed by atoms with Crippen LogP contribution in [0.4, 0.5) is 10.1 Å². The fraction of sp³-hybridized carbons (Fsp3) is 0.519. The minimum Gasteiger partial charge on any atom is -0.492 e. The van der Waals surface area contributed by atoms with Crippen LogP contribution >= 0.6 is 0 Å². The number of hydrogen-bond acceptors (Lipinski definition) is 4. The van der Waals surface area contributed by atoms with Crippen LogP contribution in [0.1, 0.15) is 38.7 Å². The maximum Gasteiger partial charge on any atom is 0.235 e. The predicted octanol–water partition coefficient (Wildman–Crippen LogP) is 4.87. The van der Waals surface area contributed by atoms with E-state index in [1.165, 1.54) is 18.6 Å². The van der Waals surface area contributed by atoms with Crippen LogP contribution in [-0.2, 0) is 14.9 Å². The molecule has 2 heterocycles. The highest BCUT2D eigenvalue weighted by molar-refractivity contribution is 5.99. The molecule has 2 aliphatic heterocycles. The van der Waals surface area contributed by atoms with Crippen molar-refractivity contribution < 1.29 is 18.7 Å². The third-order valence-corrected chi connectivity index (χ3v) is 6.91. The van der Waals surface area contributed by atoms with Crippen LogP contribution in [0, 0.1) is 17.7 Å². The average Bonchev–Trinajstić information content (AvgIpc) is 2.80. The second kappa shape index (κ2) is 10.7. The van der Waals surface area contributed by atoms with E-state index in [4.69, 9.17) is 9.47 Å². The highest BCUT2D eigenvalue weighted by Crippen LogP contribution is 2.36. The molecule has 0 bridgehead atoms. The van der Waals surface area contributed by atoms with Crippen molar-refractivity contribution in [3.05, 3.63) is 59.9 Å². The Kier molecular flexibility index (Phi) is 7.66. The number of amides is 1. The summed E-state index contributed by atoms with van der Waals surface area (Å²) in [6.45, 7) is 9.50. The molecule has 0 saturated carbocycles. The van der Waals surface area contributed by atoms with Gasteiger partial charge in [-0.15, -0.1) is 0 Å². The van der Waals surface area contributed by atoms with Crippen molar-refractivity contribution in [2.24, 2.45) is 11.8 Å². The molecular weight excluding hydrogens is 419 g/mol. The van der Waals surface area contributed by atoms with E-state index in [0.717, 1.165) is 48.5 Å². The van der Waals surface area contributed by atoms with Crippen molar-refractivity contribution in [1.29, 1.82) is 0 Å². The summed E-state index contributed by atoms with van der Waals surface area (Å²) in [5.41, 5.74) is 0.828. The van der Waals surface area contributed by atoms with Crippen molar-refractivity contribution in [1.82, 2.24) is 4.90 Å². The van der Waals surface area contributed by atoms with Crippen LogP contribution in [0.2, 0.25) is 0 Å². The average molecular weight is 455 g/mol. The van der Waals surface area contributed by atoms with Crippen LogP contribution in [-0.4, -0.2) is 50.3 Å². The van der Waals surface area contributed by atoms with E-state index < -0.39 is 5.41 Å². The predicted molar refractivity (Wildman–Crippen MR) is 128 cm³/mol. The largest absolute Gasteiger partial charge is 0.492 e. The van der Waals surface area contributed by atoms with Gasteiger partial charge in [-0.25, -0.2) is 4.39 Å². The lowest BCUT2D eigenvalue weighted by atomic mass is 9.73. The highest BCUT2D eigenvalue weighted by atomic mass is 19.1. The van der Waals surface area contributed by atoms with Crippen LogP contribution in [0.5, 0.6) is 5.75 Å². The Morgan fingerprint density at radius 3 is 2.33 bits per heavy atom. The molecule has 0 spiro atoms. The number of rotatable bonds is 7. The minimum atomic E-state index is -0.718. The van der Waals surface area contributed by atoms with E-state index in [-0.39, 0.29) is 11.7 Å². The first kappa shape index (κ1) is 23.7. The van der Waals surface area contributed by atoms with E-state index in [1.807, 2.05) is 24.3 Å². The number of hydrogen-bond donors (Lipinski definition) is 1. The first-order valence-corrected chi connectivity index (χ1v) is 12.0. The minimum absolute atomic E-state index is 0.0839. The van der Waals surface area contributed by atoms with E-state index in [9.17, 15) is 9.18 Å². The first-order chi connectivity index (χ1) is 15.9. The quantitative estimate of drug-likeness (QED) is 0.649. The normalized spacial score (nSPS) is 23.1. The monoisotopic (exact) mass is 454 g/mol. The summed E-state index contributed by atoms with van der Waals surface area (Å²) < 4.78 is 24.9. The third-order valence-electron chi connectivity index (χ3n) is 6.91. The van der Waals surface area contributed by atoms with Gasteiger partial charge >= 0.3 is 0 Å². The number of likely N-dealkylation sites (tertiary alicyclic amines) is 1. The molecular formula is C27H35FN2O3. The standard InChI is InChI=1S/C27H35FN2O3/c1-20-17-21(2)19-30(18-20)13-16-33-25-9-7-24(8-10-25)29-26(31)27(11-14-32-15-12-27)22-3-5-23(28)6-4-22/h3-10,20-21H,11-19H2,1-2H3,(H,29,31)/t20-,21-/m0/s1. The van der Waals surface area contributed by atoms with Crippen LogP contribution in [0.15, 0.2) is 48.5 Å². The molecule has 1 amide bonds. The van der Waals surface area contributed by atoms with Gasteiger partial charge < -0.3 is 14.8 Å². The van der Waals surface area contributed by atoms with Crippen molar-refractivity contribution in [2.75, 3.05) is 44.8 Å². The molecule has 4 rings (SSSR count). The fourth-order valence-corrected chi connectivity index (χ4v) is 5.29. The summed E-state index contributed by atoms with van der Waals surface area (Å²) in [7, 11) is 0. The van der Waals surface area contributed by atoms with Crippen molar-refractivity contribution in [3.63, 3.8) is 0 Å². The van der Waals surface area contributed by atoms with Gasteiger partial charge in [0.05, 0.1) is 5.41 Å². The molecule has 5 nitrogen and oxygen atoms in total. The summed E-state index contributed by atoms with van der Waals surface area (Å²) in [5.74, 6) is 1.89. The lowest BCUT2D eigenvalue weighted by molar-refractivity contribution is -0.125. The lowest BCUT2D eigenvalue weighted by Gasteiger charge is -2.36. The number of piperidine rings is 1. The number of nitrogens with one attached hydrogen (secondary N) is 1. The zero-order chi connectivity index (χ0) is 23.3. The van der Waals surface area contributed by atoms with Gasteiger partial charge in [0, 0.05) is 38.5 Å². The number of carbonyl (C=O) groups is 1. The molecule has 2 saturated heterocycles. The number of carbonyl (C=O) groups excluding carboxylic acids is 1. The Bertz CT molecular complexity index is 900. The van der Waals surface area contributed by atoms with Crippen LogP contribution in [0.25, 0.3) is 0 Å². The zero-order valence-electron chi connectivity index (χ0n) is 19.7.